The Hall–Kier alpha value is -1.86. The van der Waals surface area contributed by atoms with Crippen LogP contribution in [0.25, 0.3) is 0 Å². The molecule has 0 aromatic heterocycles. The smallest absolute Gasteiger partial charge is 0.338 e. The molecule has 1 heterocycles. The lowest BCUT2D eigenvalue weighted by Crippen LogP contribution is -2.25. The number of anilines is 1. The van der Waals surface area contributed by atoms with Crippen molar-refractivity contribution in [1.29, 1.82) is 0 Å². The van der Waals surface area contributed by atoms with E-state index in [-0.39, 0.29) is 12.4 Å². The second kappa shape index (κ2) is 6.94. The van der Waals surface area contributed by atoms with Gasteiger partial charge in [0.15, 0.2) is 0 Å². The van der Waals surface area contributed by atoms with Crippen LogP contribution >= 0.6 is 15.9 Å². The highest BCUT2D eigenvalue weighted by atomic mass is 79.9. The number of ether oxygens (including phenoxy) is 1. The minimum atomic E-state index is -3.21. The van der Waals surface area contributed by atoms with E-state index in [0.29, 0.717) is 24.2 Å². The summed E-state index contributed by atoms with van der Waals surface area (Å²) in [5.41, 5.74) is 1.86. The van der Waals surface area contributed by atoms with Crippen molar-refractivity contribution >= 4 is 37.6 Å². The van der Waals surface area contributed by atoms with E-state index >= 15 is 0 Å². The van der Waals surface area contributed by atoms with Crippen molar-refractivity contribution in [2.24, 2.45) is 0 Å². The average Bonchev–Trinajstić information content (AvgIpc) is 2.92. The van der Waals surface area contributed by atoms with Gasteiger partial charge in [0, 0.05) is 11.0 Å². The van der Waals surface area contributed by atoms with Crippen molar-refractivity contribution in [2.45, 2.75) is 13.0 Å². The van der Waals surface area contributed by atoms with Crippen molar-refractivity contribution in [3.63, 3.8) is 0 Å². The molecule has 0 N–H and O–H groups in total. The molecular weight excluding hydrogens is 394 g/mol. The molecule has 0 bridgehead atoms. The van der Waals surface area contributed by atoms with E-state index in [2.05, 4.69) is 15.9 Å². The lowest BCUT2D eigenvalue weighted by Gasteiger charge is -2.16. The summed E-state index contributed by atoms with van der Waals surface area (Å²) >= 11 is 3.37. The van der Waals surface area contributed by atoms with E-state index < -0.39 is 16.0 Å². The van der Waals surface area contributed by atoms with Gasteiger partial charge in [-0.15, -0.1) is 0 Å². The van der Waals surface area contributed by atoms with E-state index in [0.717, 1.165) is 10.0 Å². The Bertz CT molecular complexity index is 849. The molecule has 0 atom stereocenters. The molecule has 1 aliphatic heterocycles. The standard InChI is InChI=1S/C17H16BrNO4S/c18-15-4-1-3-13(11-15)12-23-17(20)14-5-7-16(8-6-14)19-9-2-10-24(19,21)22/h1,3-8,11H,2,9-10,12H2. The molecule has 1 fully saturated rings. The summed E-state index contributed by atoms with van der Waals surface area (Å²) < 4.78 is 31.4. The highest BCUT2D eigenvalue weighted by molar-refractivity contribution is 9.10. The number of nitrogens with zero attached hydrogens (tertiary/aromatic N) is 1. The Morgan fingerprint density at radius 1 is 1.17 bits per heavy atom. The predicted molar refractivity (Wildman–Crippen MR) is 95.5 cm³/mol. The first-order valence-corrected chi connectivity index (χ1v) is 9.88. The van der Waals surface area contributed by atoms with Crippen LogP contribution in [0.2, 0.25) is 0 Å². The first kappa shape index (κ1) is 17.0. The zero-order valence-corrected chi connectivity index (χ0v) is 15.2. The summed E-state index contributed by atoms with van der Waals surface area (Å²) in [4.78, 5) is 12.1. The summed E-state index contributed by atoms with van der Waals surface area (Å²) in [6.45, 7) is 0.662. The van der Waals surface area contributed by atoms with Crippen molar-refractivity contribution in [1.82, 2.24) is 0 Å². The number of hydrogen-bond donors (Lipinski definition) is 0. The zero-order valence-electron chi connectivity index (χ0n) is 12.8. The molecule has 3 rings (SSSR count). The Kier molecular flexibility index (Phi) is 4.91. The highest BCUT2D eigenvalue weighted by Gasteiger charge is 2.28. The van der Waals surface area contributed by atoms with Gasteiger partial charge in [-0.05, 0) is 48.4 Å². The third kappa shape index (κ3) is 3.79. The molecular formula is C17H16BrNO4S. The molecule has 0 saturated carbocycles. The van der Waals surface area contributed by atoms with E-state index in [9.17, 15) is 13.2 Å². The molecule has 5 nitrogen and oxygen atoms in total. The van der Waals surface area contributed by atoms with E-state index in [1.165, 1.54) is 4.31 Å². The van der Waals surface area contributed by atoms with E-state index in [4.69, 9.17) is 4.74 Å². The molecule has 0 spiro atoms. The lowest BCUT2D eigenvalue weighted by molar-refractivity contribution is 0.0472. The number of rotatable bonds is 4. The minimum absolute atomic E-state index is 0.170. The fourth-order valence-electron chi connectivity index (χ4n) is 2.55. The summed E-state index contributed by atoms with van der Waals surface area (Å²) in [6.07, 6.45) is 0.624. The van der Waals surface area contributed by atoms with Gasteiger partial charge in [0.25, 0.3) is 0 Å². The van der Waals surface area contributed by atoms with Crippen LogP contribution in [0.3, 0.4) is 0 Å². The fraction of sp³-hybridized carbons (Fsp3) is 0.235. The van der Waals surface area contributed by atoms with Gasteiger partial charge in [0.2, 0.25) is 10.0 Å². The molecule has 1 saturated heterocycles. The van der Waals surface area contributed by atoms with Crippen LogP contribution in [0.1, 0.15) is 22.3 Å². The number of benzene rings is 2. The SMILES string of the molecule is O=C(OCc1cccc(Br)c1)c1ccc(N2CCCS2(=O)=O)cc1. The first-order chi connectivity index (χ1) is 11.5. The average molecular weight is 410 g/mol. The van der Waals surface area contributed by atoms with Gasteiger partial charge < -0.3 is 4.74 Å². The summed E-state index contributed by atoms with van der Waals surface area (Å²) in [5.74, 6) is -0.269. The lowest BCUT2D eigenvalue weighted by atomic mass is 10.2. The molecule has 24 heavy (non-hydrogen) atoms. The maximum Gasteiger partial charge on any atom is 0.338 e. The quantitative estimate of drug-likeness (QED) is 0.726. The highest BCUT2D eigenvalue weighted by Crippen LogP contribution is 2.24. The third-order valence-corrected chi connectivity index (χ3v) is 6.11. The minimum Gasteiger partial charge on any atom is -0.457 e. The fourth-order valence-corrected chi connectivity index (χ4v) is 4.56. The van der Waals surface area contributed by atoms with Crippen LogP contribution in [-0.2, 0) is 21.4 Å². The molecule has 2 aromatic rings. The maximum absolute atomic E-state index is 12.1. The number of halogens is 1. The number of sulfonamides is 1. The van der Waals surface area contributed by atoms with Crippen LogP contribution in [0.5, 0.6) is 0 Å². The maximum atomic E-state index is 12.1. The van der Waals surface area contributed by atoms with Crippen molar-refractivity contribution in [3.05, 3.63) is 64.1 Å². The number of hydrogen-bond acceptors (Lipinski definition) is 4. The monoisotopic (exact) mass is 409 g/mol. The molecule has 0 amide bonds. The van der Waals surface area contributed by atoms with Crippen LogP contribution in [0.15, 0.2) is 53.0 Å². The van der Waals surface area contributed by atoms with Crippen molar-refractivity contribution in [2.75, 3.05) is 16.6 Å². The van der Waals surface area contributed by atoms with Gasteiger partial charge in [0.1, 0.15) is 6.61 Å². The Morgan fingerprint density at radius 2 is 1.92 bits per heavy atom. The largest absolute Gasteiger partial charge is 0.457 e. The molecule has 1 aliphatic rings. The number of carbonyl (C=O) groups is 1. The van der Waals surface area contributed by atoms with Gasteiger partial charge in [-0.25, -0.2) is 13.2 Å². The van der Waals surface area contributed by atoms with Gasteiger partial charge in [-0.1, -0.05) is 28.1 Å². The molecule has 2 aromatic carbocycles. The van der Waals surface area contributed by atoms with Crippen LogP contribution in [-0.4, -0.2) is 26.7 Å². The zero-order chi connectivity index (χ0) is 17.2. The van der Waals surface area contributed by atoms with Gasteiger partial charge in [0.05, 0.1) is 17.0 Å². The van der Waals surface area contributed by atoms with Crippen molar-refractivity contribution in [3.8, 4) is 0 Å². The van der Waals surface area contributed by atoms with E-state index in [1.807, 2.05) is 24.3 Å². The van der Waals surface area contributed by atoms with E-state index in [1.54, 1.807) is 24.3 Å². The molecule has 126 valence electrons. The Labute approximate surface area is 149 Å². The normalized spacial score (nSPS) is 16.1. The van der Waals surface area contributed by atoms with Crippen LogP contribution in [0, 0.1) is 0 Å². The van der Waals surface area contributed by atoms with Crippen LogP contribution in [0.4, 0.5) is 5.69 Å². The summed E-state index contributed by atoms with van der Waals surface area (Å²) in [6, 6.07) is 14.0. The second-order valence-corrected chi connectivity index (χ2v) is 8.42. The first-order valence-electron chi connectivity index (χ1n) is 7.48. The van der Waals surface area contributed by atoms with Gasteiger partial charge in [-0.3, -0.25) is 4.31 Å². The molecule has 0 aliphatic carbocycles. The molecule has 0 unspecified atom stereocenters. The van der Waals surface area contributed by atoms with Crippen molar-refractivity contribution < 1.29 is 17.9 Å². The predicted octanol–water partition coefficient (Wildman–Crippen LogP) is 3.35. The molecule has 7 heteroatoms. The van der Waals surface area contributed by atoms with Crippen LogP contribution < -0.4 is 4.31 Å². The molecule has 0 radical (unpaired) electrons. The van der Waals surface area contributed by atoms with Gasteiger partial charge in [-0.2, -0.15) is 0 Å². The topological polar surface area (TPSA) is 63.7 Å². The number of carbonyl (C=O) groups excluding carboxylic acids is 1. The Balaban J connectivity index is 1.66. The number of esters is 1. The van der Waals surface area contributed by atoms with Gasteiger partial charge >= 0.3 is 5.97 Å². The Morgan fingerprint density at radius 3 is 2.54 bits per heavy atom. The summed E-state index contributed by atoms with van der Waals surface area (Å²) in [5, 5.41) is 0. The third-order valence-electron chi connectivity index (χ3n) is 3.75. The summed E-state index contributed by atoms with van der Waals surface area (Å²) in [7, 11) is -3.21. The second-order valence-electron chi connectivity index (χ2n) is 5.49.